The van der Waals surface area contributed by atoms with Crippen LogP contribution in [0.15, 0.2) is 59.4 Å². The maximum Gasteiger partial charge on any atom is 0.281 e. The number of halogens is 1. The van der Waals surface area contributed by atoms with E-state index in [9.17, 15) is 14.0 Å². The number of likely N-dealkylation sites (tertiary alicyclic amines) is 1. The molecule has 8 nitrogen and oxygen atoms in total. The molecular formula is C23H21FN6O2. The van der Waals surface area contributed by atoms with Crippen molar-refractivity contribution in [3.05, 3.63) is 87.7 Å². The molecule has 1 amide bonds. The molecule has 32 heavy (non-hydrogen) atoms. The fraction of sp³-hybridized carbons (Fsp3) is 0.261. The van der Waals surface area contributed by atoms with Crippen LogP contribution in [0, 0.1) is 5.82 Å². The van der Waals surface area contributed by atoms with E-state index in [2.05, 4.69) is 15.3 Å². The molecule has 3 heterocycles. The van der Waals surface area contributed by atoms with Gasteiger partial charge in [0.1, 0.15) is 11.6 Å². The molecule has 0 bridgehead atoms. The van der Waals surface area contributed by atoms with Gasteiger partial charge >= 0.3 is 0 Å². The highest BCUT2D eigenvalue weighted by Gasteiger charge is 2.27. The van der Waals surface area contributed by atoms with E-state index in [0.29, 0.717) is 49.5 Å². The van der Waals surface area contributed by atoms with Crippen molar-refractivity contribution in [1.29, 1.82) is 0 Å². The van der Waals surface area contributed by atoms with Gasteiger partial charge in [-0.25, -0.2) is 14.1 Å². The first-order valence-electron chi connectivity index (χ1n) is 10.5. The fourth-order valence-electron chi connectivity index (χ4n) is 4.07. The molecule has 1 fully saturated rings. The van der Waals surface area contributed by atoms with Gasteiger partial charge in [0.2, 0.25) is 0 Å². The summed E-state index contributed by atoms with van der Waals surface area (Å²) in [6, 6.07) is 15.4. The summed E-state index contributed by atoms with van der Waals surface area (Å²) < 4.78 is 14.8. The summed E-state index contributed by atoms with van der Waals surface area (Å²) in [7, 11) is 0. The SMILES string of the molecule is O=C(c1ccc(F)cc1)N1CCC(c2nc3c(nnn3Cc3ccccc3)c(=O)[nH]2)CC1. The lowest BCUT2D eigenvalue weighted by Crippen LogP contribution is -2.38. The molecule has 0 atom stereocenters. The van der Waals surface area contributed by atoms with E-state index in [4.69, 9.17) is 4.98 Å². The van der Waals surface area contributed by atoms with Crippen LogP contribution < -0.4 is 5.56 Å². The third kappa shape index (κ3) is 3.89. The van der Waals surface area contributed by atoms with Gasteiger partial charge in [-0.15, -0.1) is 5.10 Å². The molecule has 0 aliphatic carbocycles. The number of carbonyl (C=O) groups is 1. The molecular weight excluding hydrogens is 411 g/mol. The second-order valence-corrected chi connectivity index (χ2v) is 7.93. The quantitative estimate of drug-likeness (QED) is 0.535. The molecule has 1 aliphatic heterocycles. The van der Waals surface area contributed by atoms with Gasteiger partial charge in [-0.1, -0.05) is 35.5 Å². The van der Waals surface area contributed by atoms with E-state index < -0.39 is 0 Å². The van der Waals surface area contributed by atoms with Gasteiger partial charge in [-0.2, -0.15) is 0 Å². The molecule has 2 aromatic carbocycles. The minimum Gasteiger partial charge on any atom is -0.339 e. The standard InChI is InChI=1S/C23H21FN6O2/c24-18-8-6-17(7-9-18)23(32)29-12-10-16(11-13-29)20-25-21-19(22(31)26-20)27-28-30(21)14-15-4-2-1-3-5-15/h1-9,16H,10-14H2,(H,25,26,31). The number of hydrogen-bond donors (Lipinski definition) is 1. The van der Waals surface area contributed by atoms with Crippen molar-refractivity contribution in [3.8, 4) is 0 Å². The zero-order valence-electron chi connectivity index (χ0n) is 17.2. The number of amides is 1. The molecule has 0 unspecified atom stereocenters. The number of nitrogens with zero attached hydrogens (tertiary/aromatic N) is 5. The Morgan fingerprint density at radius 1 is 1.06 bits per heavy atom. The second kappa shape index (κ2) is 8.33. The highest BCUT2D eigenvalue weighted by molar-refractivity contribution is 5.94. The molecule has 162 valence electrons. The number of nitrogens with one attached hydrogen (secondary N) is 1. The summed E-state index contributed by atoms with van der Waals surface area (Å²) in [5.74, 6) is 0.120. The summed E-state index contributed by atoms with van der Waals surface area (Å²) in [6.45, 7) is 1.53. The Hall–Kier alpha value is -3.88. The molecule has 9 heteroatoms. The van der Waals surface area contributed by atoms with Gasteiger partial charge in [0.25, 0.3) is 11.5 Å². The van der Waals surface area contributed by atoms with Crippen LogP contribution in [0.1, 0.15) is 40.5 Å². The van der Waals surface area contributed by atoms with Crippen LogP contribution in [-0.4, -0.2) is 48.9 Å². The minimum atomic E-state index is -0.369. The van der Waals surface area contributed by atoms with Crippen molar-refractivity contribution in [2.75, 3.05) is 13.1 Å². The number of H-pyrrole nitrogens is 1. The lowest BCUT2D eigenvalue weighted by atomic mass is 9.95. The number of carbonyl (C=O) groups excluding carboxylic acids is 1. The average molecular weight is 432 g/mol. The molecule has 1 saturated heterocycles. The average Bonchev–Trinajstić information content (AvgIpc) is 3.23. The summed E-state index contributed by atoms with van der Waals surface area (Å²) in [6.07, 6.45) is 1.34. The van der Waals surface area contributed by atoms with Crippen LogP contribution in [0.3, 0.4) is 0 Å². The molecule has 1 N–H and O–H groups in total. The Morgan fingerprint density at radius 2 is 1.78 bits per heavy atom. The number of aromatic nitrogens is 5. The van der Waals surface area contributed by atoms with Gasteiger partial charge in [0.15, 0.2) is 11.2 Å². The molecule has 0 saturated carbocycles. The van der Waals surface area contributed by atoms with E-state index in [1.54, 1.807) is 9.58 Å². The van der Waals surface area contributed by atoms with Gasteiger partial charge in [0, 0.05) is 24.6 Å². The highest BCUT2D eigenvalue weighted by atomic mass is 19.1. The Labute approximate surface area is 182 Å². The van der Waals surface area contributed by atoms with Crippen LogP contribution in [0.2, 0.25) is 0 Å². The summed E-state index contributed by atoms with van der Waals surface area (Å²) in [5, 5.41) is 8.12. The molecule has 0 radical (unpaired) electrons. The number of aromatic amines is 1. The zero-order valence-corrected chi connectivity index (χ0v) is 17.2. The predicted molar refractivity (Wildman–Crippen MR) is 116 cm³/mol. The first kappa shape index (κ1) is 20.0. The van der Waals surface area contributed by atoms with Crippen molar-refractivity contribution >= 4 is 17.1 Å². The van der Waals surface area contributed by atoms with Crippen LogP contribution in [0.25, 0.3) is 11.2 Å². The smallest absolute Gasteiger partial charge is 0.281 e. The van der Waals surface area contributed by atoms with Crippen molar-refractivity contribution < 1.29 is 9.18 Å². The van der Waals surface area contributed by atoms with E-state index in [-0.39, 0.29) is 28.7 Å². The molecule has 5 rings (SSSR count). The van der Waals surface area contributed by atoms with Crippen LogP contribution >= 0.6 is 0 Å². The number of rotatable bonds is 4. The lowest BCUT2D eigenvalue weighted by Gasteiger charge is -2.31. The van der Waals surface area contributed by atoms with Crippen molar-refractivity contribution in [3.63, 3.8) is 0 Å². The number of fused-ring (bicyclic) bond motifs is 1. The molecule has 1 aliphatic rings. The van der Waals surface area contributed by atoms with Gasteiger partial charge in [0.05, 0.1) is 6.54 Å². The van der Waals surface area contributed by atoms with Gasteiger partial charge in [-0.05, 0) is 42.7 Å². The lowest BCUT2D eigenvalue weighted by molar-refractivity contribution is 0.0711. The molecule has 2 aromatic heterocycles. The van der Waals surface area contributed by atoms with Gasteiger partial charge in [-0.3, -0.25) is 9.59 Å². The number of hydrogen-bond acceptors (Lipinski definition) is 5. The van der Waals surface area contributed by atoms with E-state index in [1.165, 1.54) is 24.3 Å². The van der Waals surface area contributed by atoms with Crippen LogP contribution in [0.5, 0.6) is 0 Å². The first-order chi connectivity index (χ1) is 15.6. The minimum absolute atomic E-state index is 0.0180. The Balaban J connectivity index is 1.34. The highest BCUT2D eigenvalue weighted by Crippen LogP contribution is 2.26. The van der Waals surface area contributed by atoms with E-state index >= 15 is 0 Å². The summed E-state index contributed by atoms with van der Waals surface area (Å²) in [5.41, 5.74) is 1.87. The van der Waals surface area contributed by atoms with Gasteiger partial charge < -0.3 is 9.88 Å². The zero-order chi connectivity index (χ0) is 22.1. The Bertz CT molecular complexity index is 1310. The largest absolute Gasteiger partial charge is 0.339 e. The third-order valence-corrected chi connectivity index (χ3v) is 5.83. The number of piperidine rings is 1. The van der Waals surface area contributed by atoms with Crippen molar-refractivity contribution in [2.24, 2.45) is 0 Å². The normalized spacial score (nSPS) is 14.7. The second-order valence-electron chi connectivity index (χ2n) is 7.93. The summed E-state index contributed by atoms with van der Waals surface area (Å²) >= 11 is 0. The van der Waals surface area contributed by atoms with Crippen LogP contribution in [-0.2, 0) is 6.54 Å². The molecule has 4 aromatic rings. The number of benzene rings is 2. The van der Waals surface area contributed by atoms with E-state index in [0.717, 1.165) is 5.56 Å². The summed E-state index contributed by atoms with van der Waals surface area (Å²) in [4.78, 5) is 34.6. The maximum atomic E-state index is 13.1. The molecule has 0 spiro atoms. The van der Waals surface area contributed by atoms with E-state index in [1.807, 2.05) is 30.3 Å². The maximum absolute atomic E-state index is 13.1. The van der Waals surface area contributed by atoms with Crippen molar-refractivity contribution in [2.45, 2.75) is 25.3 Å². The Morgan fingerprint density at radius 3 is 2.50 bits per heavy atom. The topological polar surface area (TPSA) is 96.8 Å². The Kier molecular flexibility index (Phi) is 5.22. The van der Waals surface area contributed by atoms with Crippen LogP contribution in [0.4, 0.5) is 4.39 Å². The fourth-order valence-corrected chi connectivity index (χ4v) is 4.07. The predicted octanol–water partition coefficient (Wildman–Crippen LogP) is 2.72. The monoisotopic (exact) mass is 432 g/mol. The first-order valence-corrected chi connectivity index (χ1v) is 10.5. The van der Waals surface area contributed by atoms with Crippen molar-refractivity contribution in [1.82, 2.24) is 29.9 Å². The third-order valence-electron chi connectivity index (χ3n) is 5.83.